The Kier molecular flexibility index (Phi) is 3.48. The molecular weight excluding hydrogens is 255 g/mol. The Labute approximate surface area is 111 Å². The summed E-state index contributed by atoms with van der Waals surface area (Å²) in [6.07, 6.45) is 1.78. The number of nitrogens with zero attached hydrogens (tertiary/aromatic N) is 1. The largest absolute Gasteiger partial charge is 0.337 e. The average Bonchev–Trinajstić information content (AvgIpc) is 3.06. The summed E-state index contributed by atoms with van der Waals surface area (Å²) in [5, 5.41) is 3.21. The second-order valence-corrected chi connectivity index (χ2v) is 5.39. The summed E-state index contributed by atoms with van der Waals surface area (Å²) in [5.74, 6) is -0.292. The van der Waals surface area contributed by atoms with Crippen LogP contribution in [0.25, 0.3) is 0 Å². The highest BCUT2D eigenvalue weighted by Crippen LogP contribution is 2.48. The lowest BCUT2D eigenvalue weighted by atomic mass is 9.95. The number of hydrogen-bond donors (Lipinski definition) is 1. The van der Waals surface area contributed by atoms with Crippen LogP contribution in [0.3, 0.4) is 0 Å². The zero-order valence-corrected chi connectivity index (χ0v) is 11.2. The maximum absolute atomic E-state index is 13.9. The molecule has 0 unspecified atom stereocenters. The number of hydrogen-bond acceptors (Lipinski definition) is 1. The lowest BCUT2D eigenvalue weighted by Gasteiger charge is -2.19. The Morgan fingerprint density at radius 3 is 2.67 bits per heavy atom. The molecule has 1 aromatic rings. The van der Waals surface area contributed by atoms with E-state index in [4.69, 9.17) is 11.6 Å². The molecule has 1 aliphatic rings. The van der Waals surface area contributed by atoms with Gasteiger partial charge in [-0.25, -0.2) is 9.18 Å². The number of halogens is 2. The van der Waals surface area contributed by atoms with E-state index in [1.54, 1.807) is 26.2 Å². The molecule has 0 saturated heterocycles. The summed E-state index contributed by atoms with van der Waals surface area (Å²) in [7, 11) is 3.36. The van der Waals surface area contributed by atoms with Gasteiger partial charge in [-0.05, 0) is 30.5 Å². The second-order valence-electron chi connectivity index (χ2n) is 4.96. The van der Waals surface area contributed by atoms with E-state index in [1.807, 2.05) is 0 Å². The van der Waals surface area contributed by atoms with E-state index in [2.05, 4.69) is 5.32 Å². The summed E-state index contributed by atoms with van der Waals surface area (Å²) in [6, 6.07) is 4.57. The number of amides is 2. The van der Waals surface area contributed by atoms with Crippen LogP contribution in [0, 0.1) is 5.82 Å². The van der Waals surface area contributed by atoms with Crippen molar-refractivity contribution in [1.82, 2.24) is 10.2 Å². The number of carbonyl (C=O) groups excluding carboxylic acids is 1. The van der Waals surface area contributed by atoms with E-state index in [0.29, 0.717) is 17.1 Å². The number of carbonyl (C=O) groups is 1. The van der Waals surface area contributed by atoms with Crippen molar-refractivity contribution in [2.75, 3.05) is 20.6 Å². The summed E-state index contributed by atoms with van der Waals surface area (Å²) in [5.41, 5.74) is 0.395. The van der Waals surface area contributed by atoms with E-state index in [-0.39, 0.29) is 17.3 Å². The smallest absolute Gasteiger partial charge is 0.316 e. The molecule has 18 heavy (non-hydrogen) atoms. The van der Waals surface area contributed by atoms with Crippen LogP contribution in [0.5, 0.6) is 0 Å². The lowest BCUT2D eigenvalue weighted by molar-refractivity contribution is 0.216. The third kappa shape index (κ3) is 2.58. The fourth-order valence-electron chi connectivity index (χ4n) is 2.01. The topological polar surface area (TPSA) is 32.3 Å². The normalized spacial score (nSPS) is 16.2. The number of nitrogens with one attached hydrogen (secondary N) is 1. The minimum absolute atomic E-state index is 0.157. The minimum atomic E-state index is -0.292. The van der Waals surface area contributed by atoms with Crippen molar-refractivity contribution < 1.29 is 9.18 Å². The first-order valence-corrected chi connectivity index (χ1v) is 6.23. The molecule has 3 nitrogen and oxygen atoms in total. The van der Waals surface area contributed by atoms with Crippen LogP contribution in [0.4, 0.5) is 9.18 Å². The predicted molar refractivity (Wildman–Crippen MR) is 69.4 cm³/mol. The molecule has 0 aromatic heterocycles. The van der Waals surface area contributed by atoms with Gasteiger partial charge in [-0.1, -0.05) is 17.7 Å². The maximum atomic E-state index is 13.9. The van der Waals surface area contributed by atoms with Crippen LogP contribution < -0.4 is 5.32 Å². The summed E-state index contributed by atoms with van der Waals surface area (Å²) in [6.45, 7) is 0.461. The predicted octanol–water partition coefficient (Wildman–Crippen LogP) is 2.78. The fraction of sp³-hybridized carbons (Fsp3) is 0.462. The first-order chi connectivity index (χ1) is 8.44. The highest BCUT2D eigenvalue weighted by molar-refractivity contribution is 6.30. The van der Waals surface area contributed by atoms with Crippen LogP contribution in [-0.2, 0) is 5.41 Å². The van der Waals surface area contributed by atoms with Crippen molar-refractivity contribution in [2.45, 2.75) is 18.3 Å². The van der Waals surface area contributed by atoms with Gasteiger partial charge in [-0.3, -0.25) is 0 Å². The third-order valence-corrected chi connectivity index (χ3v) is 3.58. The molecule has 5 heteroatoms. The van der Waals surface area contributed by atoms with E-state index < -0.39 is 0 Å². The molecule has 0 bridgehead atoms. The molecule has 1 N–H and O–H groups in total. The van der Waals surface area contributed by atoms with Crippen LogP contribution in [-0.4, -0.2) is 31.6 Å². The van der Waals surface area contributed by atoms with Gasteiger partial charge >= 0.3 is 6.03 Å². The standard InChI is InChI=1S/C13H16ClFN2O/c1-17(2)12(18)16-8-13(5-6-13)10-4-3-9(14)7-11(10)15/h3-4,7H,5-6,8H2,1-2H3,(H,16,18). The Balaban J connectivity index is 2.10. The zero-order chi connectivity index (χ0) is 13.3. The molecule has 0 spiro atoms. The van der Waals surface area contributed by atoms with E-state index in [9.17, 15) is 9.18 Å². The number of benzene rings is 1. The van der Waals surface area contributed by atoms with Gasteiger partial charge in [0.15, 0.2) is 0 Å². The van der Waals surface area contributed by atoms with Gasteiger partial charge in [0.05, 0.1) is 0 Å². The van der Waals surface area contributed by atoms with Crippen molar-refractivity contribution in [3.63, 3.8) is 0 Å². The van der Waals surface area contributed by atoms with Gasteiger partial charge < -0.3 is 10.2 Å². The van der Waals surface area contributed by atoms with Gasteiger partial charge in [-0.15, -0.1) is 0 Å². The van der Waals surface area contributed by atoms with Gasteiger partial charge in [-0.2, -0.15) is 0 Å². The average molecular weight is 271 g/mol. The van der Waals surface area contributed by atoms with Crippen LogP contribution in [0.15, 0.2) is 18.2 Å². The molecule has 1 aliphatic carbocycles. The molecule has 1 aromatic carbocycles. The van der Waals surface area contributed by atoms with E-state index in [0.717, 1.165) is 12.8 Å². The first-order valence-electron chi connectivity index (χ1n) is 5.85. The molecule has 2 amide bonds. The number of urea groups is 1. The fourth-order valence-corrected chi connectivity index (χ4v) is 2.17. The van der Waals surface area contributed by atoms with Crippen molar-refractivity contribution >= 4 is 17.6 Å². The van der Waals surface area contributed by atoms with Crippen LogP contribution in [0.1, 0.15) is 18.4 Å². The van der Waals surface area contributed by atoms with Crippen LogP contribution >= 0.6 is 11.6 Å². The summed E-state index contributed by atoms with van der Waals surface area (Å²) >= 11 is 5.74. The van der Waals surface area contributed by atoms with E-state index in [1.165, 1.54) is 11.0 Å². The SMILES string of the molecule is CN(C)C(=O)NCC1(c2ccc(Cl)cc2F)CC1. The minimum Gasteiger partial charge on any atom is -0.337 e. The Morgan fingerprint density at radius 1 is 1.50 bits per heavy atom. The number of rotatable bonds is 3. The Hall–Kier alpha value is -1.29. The zero-order valence-electron chi connectivity index (χ0n) is 10.5. The van der Waals surface area contributed by atoms with E-state index >= 15 is 0 Å². The Bertz CT molecular complexity index is 472. The first kappa shape index (κ1) is 13.1. The highest BCUT2D eigenvalue weighted by Gasteiger charge is 2.46. The molecule has 98 valence electrons. The summed E-state index contributed by atoms with van der Waals surface area (Å²) < 4.78 is 13.9. The molecule has 1 saturated carbocycles. The molecular formula is C13H16ClFN2O. The van der Waals surface area contributed by atoms with Gasteiger partial charge in [0, 0.05) is 31.1 Å². The molecule has 2 rings (SSSR count). The molecule has 0 aliphatic heterocycles. The van der Waals surface area contributed by atoms with Gasteiger partial charge in [0.1, 0.15) is 5.82 Å². The van der Waals surface area contributed by atoms with Crippen molar-refractivity contribution in [3.8, 4) is 0 Å². The van der Waals surface area contributed by atoms with Crippen molar-refractivity contribution in [2.24, 2.45) is 0 Å². The molecule has 0 atom stereocenters. The highest BCUT2D eigenvalue weighted by atomic mass is 35.5. The maximum Gasteiger partial charge on any atom is 0.316 e. The van der Waals surface area contributed by atoms with Crippen molar-refractivity contribution in [1.29, 1.82) is 0 Å². The quantitative estimate of drug-likeness (QED) is 0.900. The lowest BCUT2D eigenvalue weighted by Crippen LogP contribution is -2.39. The summed E-state index contributed by atoms with van der Waals surface area (Å²) in [4.78, 5) is 13.0. The monoisotopic (exact) mass is 270 g/mol. The molecule has 0 radical (unpaired) electrons. The second kappa shape index (κ2) is 4.76. The Morgan fingerprint density at radius 2 is 2.17 bits per heavy atom. The molecule has 0 heterocycles. The molecule has 1 fully saturated rings. The third-order valence-electron chi connectivity index (χ3n) is 3.34. The van der Waals surface area contributed by atoms with Crippen LogP contribution in [0.2, 0.25) is 5.02 Å². The van der Waals surface area contributed by atoms with Crippen molar-refractivity contribution in [3.05, 3.63) is 34.6 Å². The van der Waals surface area contributed by atoms with Gasteiger partial charge in [0.2, 0.25) is 0 Å². The van der Waals surface area contributed by atoms with Gasteiger partial charge in [0.25, 0.3) is 0 Å².